The predicted octanol–water partition coefficient (Wildman–Crippen LogP) is 5.75. The number of unbranched alkanes of at least 4 members (excludes halogenated alkanes) is 2. The highest BCUT2D eigenvalue weighted by atomic mass is 32.1. The smallest absolute Gasteiger partial charge is 0.406 e. The number of carbonyl (C=O) groups excluding carboxylic acids is 2. The molecule has 0 saturated heterocycles. The van der Waals surface area contributed by atoms with Crippen molar-refractivity contribution in [2.75, 3.05) is 13.7 Å². The van der Waals surface area contributed by atoms with Gasteiger partial charge in [-0.2, -0.15) is 0 Å². The second-order valence-electron chi connectivity index (χ2n) is 8.40. The maximum atomic E-state index is 12.8. The summed E-state index contributed by atoms with van der Waals surface area (Å²) < 4.78 is 9.90. The molecule has 0 bridgehead atoms. The van der Waals surface area contributed by atoms with E-state index in [2.05, 4.69) is 29.1 Å². The zero-order valence-corrected chi connectivity index (χ0v) is 21.3. The standard InChI is InChI=1S/C26H35NO6S/c1-5-6-10-19-13-14-20(34-19)12-11-18(3)24(29)23-21(28)16-22(33-25(23)30)17(2)9-7-8-15-27-26(31)32-4/h11,13-14,16-17,28H,5-10,12,15H2,1-4H3,(H,27,31)/b18-11-. The Morgan fingerprint density at radius 2 is 1.97 bits per heavy atom. The number of ether oxygens (including phenoxy) is 1. The summed E-state index contributed by atoms with van der Waals surface area (Å²) in [7, 11) is 1.31. The molecule has 0 fully saturated rings. The average molecular weight is 490 g/mol. The monoisotopic (exact) mass is 489 g/mol. The van der Waals surface area contributed by atoms with E-state index in [1.54, 1.807) is 24.3 Å². The lowest BCUT2D eigenvalue weighted by atomic mass is 9.99. The SMILES string of the molecule is CCCCc1ccc(C/C=C(/C)C(=O)c2c(O)cc(C(C)CCCCNC(=O)OC)oc2=O)s1. The van der Waals surface area contributed by atoms with Gasteiger partial charge in [0.05, 0.1) is 7.11 Å². The molecule has 2 N–H and O–H groups in total. The number of Topliss-reactive ketones (excluding diaryl/α,β-unsaturated/α-hetero) is 1. The van der Waals surface area contributed by atoms with E-state index >= 15 is 0 Å². The summed E-state index contributed by atoms with van der Waals surface area (Å²) >= 11 is 1.73. The van der Waals surface area contributed by atoms with Crippen LogP contribution in [-0.2, 0) is 17.6 Å². The molecule has 2 rings (SSSR count). The molecule has 0 saturated carbocycles. The lowest BCUT2D eigenvalue weighted by molar-refractivity contribution is 0.102. The van der Waals surface area contributed by atoms with Crippen molar-refractivity contribution in [2.24, 2.45) is 0 Å². The summed E-state index contributed by atoms with van der Waals surface area (Å²) in [6.45, 7) is 6.18. The molecule has 1 atom stereocenters. The van der Waals surface area contributed by atoms with Crippen LogP contribution in [0.5, 0.6) is 5.75 Å². The summed E-state index contributed by atoms with van der Waals surface area (Å²) in [6.07, 6.45) is 7.49. The highest BCUT2D eigenvalue weighted by molar-refractivity contribution is 7.12. The van der Waals surface area contributed by atoms with E-state index in [0.29, 0.717) is 30.7 Å². The number of nitrogens with one attached hydrogen (secondary N) is 1. The van der Waals surface area contributed by atoms with E-state index in [0.717, 1.165) is 37.0 Å². The third-order valence-corrected chi connectivity index (χ3v) is 6.81. The van der Waals surface area contributed by atoms with Crippen LogP contribution in [0, 0.1) is 0 Å². The van der Waals surface area contributed by atoms with Gasteiger partial charge >= 0.3 is 11.7 Å². The lowest BCUT2D eigenvalue weighted by Crippen LogP contribution is -2.23. The first-order chi connectivity index (χ1) is 16.3. The van der Waals surface area contributed by atoms with E-state index in [1.807, 2.05) is 6.92 Å². The number of allylic oxidation sites excluding steroid dienone is 2. The highest BCUT2D eigenvalue weighted by Crippen LogP contribution is 2.26. The van der Waals surface area contributed by atoms with Crippen molar-refractivity contribution in [1.29, 1.82) is 0 Å². The Labute approximate surface area is 204 Å². The Bertz CT molecular complexity index is 1050. The van der Waals surface area contributed by atoms with Crippen molar-refractivity contribution in [2.45, 2.75) is 71.6 Å². The Morgan fingerprint density at radius 3 is 2.65 bits per heavy atom. The normalized spacial score (nSPS) is 12.4. The number of methoxy groups -OCH3 is 1. The number of aromatic hydroxyl groups is 1. The van der Waals surface area contributed by atoms with Gasteiger partial charge in [0.15, 0.2) is 5.78 Å². The van der Waals surface area contributed by atoms with Crippen LogP contribution < -0.4 is 10.9 Å². The Hall–Kier alpha value is -2.87. The van der Waals surface area contributed by atoms with Crippen molar-refractivity contribution in [3.63, 3.8) is 0 Å². The molecule has 0 aromatic carbocycles. The quantitative estimate of drug-likeness (QED) is 0.211. The van der Waals surface area contributed by atoms with Gasteiger partial charge < -0.3 is 19.6 Å². The largest absolute Gasteiger partial charge is 0.507 e. The van der Waals surface area contributed by atoms with Crippen LogP contribution in [0.3, 0.4) is 0 Å². The van der Waals surface area contributed by atoms with Crippen LogP contribution in [0.25, 0.3) is 0 Å². The first-order valence-corrected chi connectivity index (χ1v) is 12.6. The fourth-order valence-electron chi connectivity index (χ4n) is 3.49. The van der Waals surface area contributed by atoms with Crippen LogP contribution in [0.1, 0.15) is 84.7 Å². The fourth-order valence-corrected chi connectivity index (χ4v) is 4.51. The van der Waals surface area contributed by atoms with Gasteiger partial charge in [0, 0.05) is 34.7 Å². The highest BCUT2D eigenvalue weighted by Gasteiger charge is 2.22. The maximum absolute atomic E-state index is 12.8. The molecule has 186 valence electrons. The van der Waals surface area contributed by atoms with Crippen molar-refractivity contribution in [3.05, 3.63) is 61.3 Å². The number of alkyl carbamates (subject to hydrolysis) is 1. The number of aryl methyl sites for hydroxylation is 1. The molecule has 1 amide bonds. The van der Waals surface area contributed by atoms with Crippen molar-refractivity contribution in [3.8, 4) is 5.75 Å². The molecule has 0 aliphatic rings. The Balaban J connectivity index is 1.99. The molecular weight excluding hydrogens is 454 g/mol. The summed E-state index contributed by atoms with van der Waals surface area (Å²) in [4.78, 5) is 38.9. The molecule has 7 nitrogen and oxygen atoms in total. The van der Waals surface area contributed by atoms with Crippen LogP contribution in [0.4, 0.5) is 4.79 Å². The van der Waals surface area contributed by atoms with Crippen LogP contribution in [-0.4, -0.2) is 30.6 Å². The number of ketones is 1. The van der Waals surface area contributed by atoms with E-state index < -0.39 is 17.5 Å². The fraction of sp³-hybridized carbons (Fsp3) is 0.500. The van der Waals surface area contributed by atoms with E-state index in [-0.39, 0.29) is 17.2 Å². The second-order valence-corrected chi connectivity index (χ2v) is 9.66. The maximum Gasteiger partial charge on any atom is 0.406 e. The van der Waals surface area contributed by atoms with Gasteiger partial charge in [-0.1, -0.05) is 32.8 Å². The van der Waals surface area contributed by atoms with Crippen LogP contribution >= 0.6 is 11.3 Å². The minimum absolute atomic E-state index is 0.127. The van der Waals surface area contributed by atoms with Crippen molar-refractivity contribution in [1.82, 2.24) is 5.32 Å². The van der Waals surface area contributed by atoms with Gasteiger partial charge in [-0.15, -0.1) is 11.3 Å². The van der Waals surface area contributed by atoms with Gasteiger partial charge in [-0.3, -0.25) is 4.79 Å². The third-order valence-electron chi connectivity index (χ3n) is 5.64. The van der Waals surface area contributed by atoms with E-state index in [4.69, 9.17) is 4.42 Å². The average Bonchev–Trinajstić information content (AvgIpc) is 3.27. The lowest BCUT2D eigenvalue weighted by Gasteiger charge is -2.12. The molecule has 1 unspecified atom stereocenters. The van der Waals surface area contributed by atoms with Crippen LogP contribution in [0.15, 0.2) is 39.1 Å². The molecule has 0 spiro atoms. The van der Waals surface area contributed by atoms with Gasteiger partial charge in [0.25, 0.3) is 0 Å². The molecule has 8 heteroatoms. The first kappa shape index (κ1) is 27.4. The third kappa shape index (κ3) is 8.17. The van der Waals surface area contributed by atoms with Gasteiger partial charge in [0.2, 0.25) is 0 Å². The number of rotatable bonds is 13. The number of carbonyl (C=O) groups is 2. The topological polar surface area (TPSA) is 106 Å². The van der Waals surface area contributed by atoms with Gasteiger partial charge in [-0.25, -0.2) is 9.59 Å². The Morgan fingerprint density at radius 1 is 1.24 bits per heavy atom. The molecule has 0 radical (unpaired) electrons. The number of hydrogen-bond donors (Lipinski definition) is 2. The molecule has 2 aromatic rings. The zero-order valence-electron chi connectivity index (χ0n) is 20.4. The number of thiophene rings is 1. The van der Waals surface area contributed by atoms with E-state index in [9.17, 15) is 19.5 Å². The van der Waals surface area contributed by atoms with Crippen molar-refractivity contribution < 1.29 is 23.8 Å². The minimum atomic E-state index is -0.829. The van der Waals surface area contributed by atoms with Gasteiger partial charge in [-0.05, 0) is 50.3 Å². The predicted molar refractivity (Wildman–Crippen MR) is 134 cm³/mol. The van der Waals surface area contributed by atoms with Crippen molar-refractivity contribution >= 4 is 23.2 Å². The minimum Gasteiger partial charge on any atom is -0.507 e. The number of hydrogen-bond acceptors (Lipinski definition) is 7. The number of amides is 1. The molecule has 34 heavy (non-hydrogen) atoms. The summed E-state index contributed by atoms with van der Waals surface area (Å²) in [6, 6.07) is 5.55. The first-order valence-electron chi connectivity index (χ1n) is 11.7. The molecule has 0 aliphatic heterocycles. The molecular formula is C26H35NO6S. The second kappa shape index (κ2) is 13.7. The molecule has 2 heterocycles. The summed E-state index contributed by atoms with van der Waals surface area (Å²) in [5, 5.41) is 13.0. The summed E-state index contributed by atoms with van der Waals surface area (Å²) in [5.41, 5.74) is -0.767. The van der Waals surface area contributed by atoms with Crippen LogP contribution in [0.2, 0.25) is 0 Å². The van der Waals surface area contributed by atoms with E-state index in [1.165, 1.54) is 18.1 Å². The van der Waals surface area contributed by atoms with Gasteiger partial charge in [0.1, 0.15) is 17.1 Å². The summed E-state index contributed by atoms with van der Waals surface area (Å²) in [5.74, 6) is -0.679. The Kier molecular flexibility index (Phi) is 11.1. The zero-order chi connectivity index (χ0) is 25.1. The molecule has 0 aliphatic carbocycles. The molecule has 2 aromatic heterocycles.